The lowest BCUT2D eigenvalue weighted by molar-refractivity contribution is -0.327. The van der Waals surface area contributed by atoms with Gasteiger partial charge in [0.05, 0.1) is 6.10 Å². The van der Waals surface area contributed by atoms with Crippen LogP contribution < -0.4 is 0 Å². The number of alkyl halides is 3. The number of hydrogen-bond donors (Lipinski definition) is 0. The molecule has 1 rings (SSSR count). The van der Waals surface area contributed by atoms with Crippen molar-refractivity contribution in [3.63, 3.8) is 0 Å². The number of likely N-dealkylation sites (tertiary alicyclic amines) is 1. The van der Waals surface area contributed by atoms with E-state index in [9.17, 15) is 13.2 Å². The van der Waals surface area contributed by atoms with Gasteiger partial charge in [0.1, 0.15) is 0 Å². The molecule has 0 amide bonds. The highest BCUT2D eigenvalue weighted by molar-refractivity contribution is 5.02. The fraction of sp³-hybridized carbons (Fsp3) is 1.00. The first-order valence-electron chi connectivity index (χ1n) is 4.77. The van der Waals surface area contributed by atoms with Crippen molar-refractivity contribution in [2.24, 2.45) is 0 Å². The molecule has 0 spiro atoms. The highest BCUT2D eigenvalue weighted by Gasteiger charge is 2.63. The largest absolute Gasteiger partial charge is 0.419 e. The molecule has 0 radical (unpaired) electrons. The van der Waals surface area contributed by atoms with E-state index in [-0.39, 0.29) is 13.1 Å². The molecule has 0 aliphatic carbocycles. The normalized spacial score (nSPS) is 22.5. The minimum atomic E-state index is -4.26. The van der Waals surface area contributed by atoms with Crippen molar-refractivity contribution < 1.29 is 17.9 Å². The summed E-state index contributed by atoms with van der Waals surface area (Å²) in [6, 6.07) is 0. The fourth-order valence-electron chi connectivity index (χ4n) is 1.67. The van der Waals surface area contributed by atoms with Gasteiger partial charge in [-0.05, 0) is 20.4 Å². The summed E-state index contributed by atoms with van der Waals surface area (Å²) in [5, 5.41) is 0. The maximum atomic E-state index is 12.7. The Kier molecular flexibility index (Phi) is 3.11. The third kappa shape index (κ3) is 2.03. The van der Waals surface area contributed by atoms with Crippen LogP contribution in [-0.2, 0) is 4.74 Å². The Morgan fingerprint density at radius 3 is 2.14 bits per heavy atom. The molecule has 0 atom stereocenters. The molecule has 0 unspecified atom stereocenters. The zero-order valence-electron chi connectivity index (χ0n) is 8.69. The second kappa shape index (κ2) is 3.70. The molecule has 0 saturated carbocycles. The molecule has 0 N–H and O–H groups in total. The summed E-state index contributed by atoms with van der Waals surface area (Å²) in [7, 11) is 0. The maximum absolute atomic E-state index is 12.7. The third-order valence-electron chi connectivity index (χ3n) is 2.38. The fourth-order valence-corrected chi connectivity index (χ4v) is 1.67. The number of likely N-dealkylation sites (N-methyl/N-ethyl adjacent to an activating group) is 1. The van der Waals surface area contributed by atoms with E-state index in [1.165, 1.54) is 0 Å². The van der Waals surface area contributed by atoms with Crippen molar-refractivity contribution in [2.75, 3.05) is 19.6 Å². The molecule has 0 aromatic carbocycles. The predicted octanol–water partition coefficient (Wildman–Crippen LogP) is 2.05. The molecule has 0 aromatic rings. The summed E-state index contributed by atoms with van der Waals surface area (Å²) < 4.78 is 43.0. The first-order chi connectivity index (χ1) is 6.31. The van der Waals surface area contributed by atoms with Crippen LogP contribution in [0, 0.1) is 0 Å². The molecule has 5 heteroatoms. The highest BCUT2D eigenvalue weighted by Crippen LogP contribution is 2.41. The van der Waals surface area contributed by atoms with Crippen molar-refractivity contribution in [2.45, 2.75) is 38.7 Å². The van der Waals surface area contributed by atoms with Gasteiger partial charge < -0.3 is 4.74 Å². The highest BCUT2D eigenvalue weighted by atomic mass is 19.4. The molecule has 1 aliphatic rings. The van der Waals surface area contributed by atoms with Crippen LogP contribution in [0.5, 0.6) is 0 Å². The topological polar surface area (TPSA) is 12.5 Å². The van der Waals surface area contributed by atoms with Crippen molar-refractivity contribution in [3.8, 4) is 0 Å². The summed E-state index contributed by atoms with van der Waals surface area (Å²) in [6.45, 7) is 5.66. The molecular weight excluding hydrogens is 195 g/mol. The molecule has 1 fully saturated rings. The number of ether oxygens (including phenoxy) is 1. The Hall–Kier alpha value is -0.290. The second-order valence-corrected chi connectivity index (χ2v) is 3.96. The van der Waals surface area contributed by atoms with Gasteiger partial charge in [-0.15, -0.1) is 0 Å². The molecule has 84 valence electrons. The molecular formula is C9H16F3NO. The van der Waals surface area contributed by atoms with E-state index in [1.54, 1.807) is 18.7 Å². The zero-order valence-corrected chi connectivity index (χ0v) is 8.69. The van der Waals surface area contributed by atoms with E-state index >= 15 is 0 Å². The molecule has 1 heterocycles. The molecule has 2 nitrogen and oxygen atoms in total. The second-order valence-electron chi connectivity index (χ2n) is 3.96. The van der Waals surface area contributed by atoms with Gasteiger partial charge in [-0.3, -0.25) is 4.90 Å². The minimum Gasteiger partial charge on any atom is -0.360 e. The average molecular weight is 211 g/mol. The Balaban J connectivity index is 2.65. The Bertz CT molecular complexity index is 197. The van der Waals surface area contributed by atoms with Crippen LogP contribution in [0.3, 0.4) is 0 Å². The van der Waals surface area contributed by atoms with Gasteiger partial charge in [0, 0.05) is 13.1 Å². The SMILES string of the molecule is CCN1CC(OC(C)C)(C(F)(F)F)C1. The van der Waals surface area contributed by atoms with Crippen molar-refractivity contribution >= 4 is 0 Å². The summed E-state index contributed by atoms with van der Waals surface area (Å²) in [5.41, 5.74) is -1.92. The maximum Gasteiger partial charge on any atom is 0.419 e. The van der Waals surface area contributed by atoms with E-state index in [2.05, 4.69) is 0 Å². The van der Waals surface area contributed by atoms with Crippen molar-refractivity contribution in [1.82, 2.24) is 4.90 Å². The smallest absolute Gasteiger partial charge is 0.360 e. The van der Waals surface area contributed by atoms with Crippen LogP contribution in [0.2, 0.25) is 0 Å². The molecule has 1 saturated heterocycles. The van der Waals surface area contributed by atoms with Crippen molar-refractivity contribution in [1.29, 1.82) is 0 Å². The quantitative estimate of drug-likeness (QED) is 0.708. The molecule has 0 bridgehead atoms. The van der Waals surface area contributed by atoms with Gasteiger partial charge in [0.25, 0.3) is 0 Å². The Morgan fingerprint density at radius 2 is 1.86 bits per heavy atom. The van der Waals surface area contributed by atoms with E-state index in [0.717, 1.165) is 0 Å². The summed E-state index contributed by atoms with van der Waals surface area (Å²) in [4.78, 5) is 1.72. The molecule has 0 aromatic heterocycles. The van der Waals surface area contributed by atoms with Crippen LogP contribution >= 0.6 is 0 Å². The first-order valence-corrected chi connectivity index (χ1v) is 4.77. The van der Waals surface area contributed by atoms with Gasteiger partial charge in [-0.2, -0.15) is 13.2 Å². The van der Waals surface area contributed by atoms with Crippen LogP contribution in [0.4, 0.5) is 13.2 Å². The third-order valence-corrected chi connectivity index (χ3v) is 2.38. The lowest BCUT2D eigenvalue weighted by Crippen LogP contribution is -2.70. The lowest BCUT2D eigenvalue weighted by Gasteiger charge is -2.50. The van der Waals surface area contributed by atoms with Crippen LogP contribution in [-0.4, -0.2) is 42.4 Å². The summed E-state index contributed by atoms with van der Waals surface area (Å²) >= 11 is 0. The average Bonchev–Trinajstić information content (AvgIpc) is 1.92. The number of hydrogen-bond acceptors (Lipinski definition) is 2. The van der Waals surface area contributed by atoms with Crippen LogP contribution in [0.25, 0.3) is 0 Å². The van der Waals surface area contributed by atoms with Gasteiger partial charge in [0.2, 0.25) is 0 Å². The summed E-state index contributed by atoms with van der Waals surface area (Å²) in [6.07, 6.45) is -4.65. The predicted molar refractivity (Wildman–Crippen MR) is 47.1 cm³/mol. The summed E-state index contributed by atoms with van der Waals surface area (Å²) in [5.74, 6) is 0. The minimum absolute atomic E-state index is 0.0365. The number of nitrogens with zero attached hydrogens (tertiary/aromatic N) is 1. The number of halogens is 3. The monoisotopic (exact) mass is 211 g/mol. The van der Waals surface area contributed by atoms with Gasteiger partial charge in [-0.1, -0.05) is 6.92 Å². The lowest BCUT2D eigenvalue weighted by atomic mass is 9.93. The number of rotatable bonds is 3. The van der Waals surface area contributed by atoms with Gasteiger partial charge in [0.15, 0.2) is 5.60 Å². The molecule has 1 aliphatic heterocycles. The van der Waals surface area contributed by atoms with E-state index < -0.39 is 17.9 Å². The molecule has 14 heavy (non-hydrogen) atoms. The van der Waals surface area contributed by atoms with Crippen molar-refractivity contribution in [3.05, 3.63) is 0 Å². The first kappa shape index (κ1) is 11.8. The van der Waals surface area contributed by atoms with E-state index in [4.69, 9.17) is 4.74 Å². The van der Waals surface area contributed by atoms with E-state index in [0.29, 0.717) is 6.54 Å². The van der Waals surface area contributed by atoms with Crippen LogP contribution in [0.1, 0.15) is 20.8 Å². The van der Waals surface area contributed by atoms with Crippen LogP contribution in [0.15, 0.2) is 0 Å². The van der Waals surface area contributed by atoms with Gasteiger partial charge >= 0.3 is 6.18 Å². The standard InChI is InChI=1S/C9H16F3NO/c1-4-13-5-8(6-13,9(10,11)12)14-7(2)3/h7H,4-6H2,1-3H3. The van der Waals surface area contributed by atoms with Gasteiger partial charge in [-0.25, -0.2) is 0 Å². The Labute approximate surface area is 82.0 Å². The Morgan fingerprint density at radius 1 is 1.36 bits per heavy atom. The van der Waals surface area contributed by atoms with E-state index in [1.807, 2.05) is 6.92 Å². The zero-order chi connectivity index (χ0) is 11.0.